The first-order chi connectivity index (χ1) is 16.4. The van der Waals surface area contributed by atoms with Crippen LogP contribution < -0.4 is 10.2 Å². The molecule has 1 aliphatic heterocycles. The Bertz CT molecular complexity index is 1170. The predicted molar refractivity (Wildman–Crippen MR) is 134 cm³/mol. The van der Waals surface area contributed by atoms with Crippen molar-refractivity contribution in [2.24, 2.45) is 0 Å². The third-order valence-electron chi connectivity index (χ3n) is 6.22. The van der Waals surface area contributed by atoms with E-state index in [1.165, 1.54) is 25.0 Å². The molecule has 7 nitrogen and oxygen atoms in total. The summed E-state index contributed by atoms with van der Waals surface area (Å²) in [6.07, 6.45) is 2.47. The number of hydrogen-bond acceptors (Lipinski definition) is 5. The number of carboxylic acids is 1. The molecule has 1 fully saturated rings. The highest BCUT2D eigenvalue weighted by Crippen LogP contribution is 2.29. The fourth-order valence-electron chi connectivity index (χ4n) is 4.20. The number of likely N-dealkylation sites (tertiary alicyclic amines) is 1. The molecule has 0 unspecified atom stereocenters. The Balaban J connectivity index is 1.56. The minimum atomic E-state index is -1.14. The molecule has 0 aliphatic carbocycles. The number of carbonyl (C=O) groups is 2. The van der Waals surface area contributed by atoms with Gasteiger partial charge in [0.1, 0.15) is 5.75 Å². The van der Waals surface area contributed by atoms with Crippen molar-refractivity contribution >= 4 is 23.3 Å². The van der Waals surface area contributed by atoms with Crippen LogP contribution in [0.5, 0.6) is 5.75 Å². The molecule has 3 aromatic rings. The number of hydrogen-bond donors (Lipinski definition) is 3. The molecule has 4 rings (SSSR count). The highest BCUT2D eigenvalue weighted by Gasteiger charge is 2.19. The number of likely N-dealkylation sites (N-methyl/N-ethyl adjacent to an activating group) is 1. The molecule has 0 spiro atoms. The SMILES string of the molecule is CN(CCN1CCCC1)c1ccc(O)c(C(=O)Nc2cc(-c3ccccc3)ccc2C(=O)O)c1. The number of amides is 1. The topological polar surface area (TPSA) is 93.1 Å². The minimum Gasteiger partial charge on any atom is -0.507 e. The molecule has 0 atom stereocenters. The van der Waals surface area contributed by atoms with Gasteiger partial charge in [-0.1, -0.05) is 36.4 Å². The number of carbonyl (C=O) groups excluding carboxylic acids is 1. The van der Waals surface area contributed by atoms with E-state index in [0.717, 1.165) is 43.0 Å². The molecule has 3 aromatic carbocycles. The van der Waals surface area contributed by atoms with Gasteiger partial charge in [-0.05, 0) is 67.4 Å². The zero-order chi connectivity index (χ0) is 24.1. The molecule has 0 bridgehead atoms. The lowest BCUT2D eigenvalue weighted by Gasteiger charge is -2.23. The molecule has 0 radical (unpaired) electrons. The van der Waals surface area contributed by atoms with Crippen LogP contribution in [0.25, 0.3) is 11.1 Å². The normalized spacial score (nSPS) is 13.6. The van der Waals surface area contributed by atoms with E-state index in [1.807, 2.05) is 42.3 Å². The van der Waals surface area contributed by atoms with Gasteiger partial charge in [0.15, 0.2) is 0 Å². The lowest BCUT2D eigenvalue weighted by molar-refractivity contribution is 0.0698. The van der Waals surface area contributed by atoms with E-state index in [2.05, 4.69) is 10.2 Å². The van der Waals surface area contributed by atoms with Crippen LogP contribution in [0.2, 0.25) is 0 Å². The molecule has 176 valence electrons. The van der Waals surface area contributed by atoms with Crippen LogP contribution in [0, 0.1) is 0 Å². The first kappa shape index (κ1) is 23.3. The van der Waals surface area contributed by atoms with Gasteiger partial charge >= 0.3 is 5.97 Å². The van der Waals surface area contributed by atoms with Gasteiger partial charge in [0.25, 0.3) is 5.91 Å². The number of phenolic OH excluding ortho intramolecular Hbond substituents is 1. The average molecular weight is 460 g/mol. The summed E-state index contributed by atoms with van der Waals surface area (Å²) in [5, 5.41) is 22.7. The molecule has 0 aromatic heterocycles. The molecular formula is C27H29N3O4. The van der Waals surface area contributed by atoms with Gasteiger partial charge in [0.05, 0.1) is 16.8 Å². The third kappa shape index (κ3) is 5.38. The Morgan fingerprint density at radius 1 is 0.941 bits per heavy atom. The summed E-state index contributed by atoms with van der Waals surface area (Å²) in [7, 11) is 1.95. The Morgan fingerprint density at radius 2 is 1.68 bits per heavy atom. The standard InChI is InChI=1S/C27H29N3O4/c1-29(15-16-30-13-5-6-14-30)21-10-12-25(31)23(18-21)26(32)28-24-17-20(9-11-22(24)27(33)34)19-7-3-2-4-8-19/h2-4,7-12,17-18,31H,5-6,13-16H2,1H3,(H,28,32)(H,33,34). The number of rotatable bonds is 8. The number of nitrogens with zero attached hydrogens (tertiary/aromatic N) is 2. The zero-order valence-corrected chi connectivity index (χ0v) is 19.2. The van der Waals surface area contributed by atoms with Crippen molar-refractivity contribution in [3.63, 3.8) is 0 Å². The lowest BCUT2D eigenvalue weighted by atomic mass is 10.0. The van der Waals surface area contributed by atoms with E-state index in [1.54, 1.807) is 24.3 Å². The summed E-state index contributed by atoms with van der Waals surface area (Å²) in [6, 6.07) is 19.2. The van der Waals surface area contributed by atoms with E-state index in [-0.39, 0.29) is 22.6 Å². The minimum absolute atomic E-state index is 0.0218. The maximum absolute atomic E-state index is 13.1. The van der Waals surface area contributed by atoms with Gasteiger partial charge in [-0.15, -0.1) is 0 Å². The lowest BCUT2D eigenvalue weighted by Crippen LogP contribution is -2.31. The van der Waals surface area contributed by atoms with Gasteiger partial charge in [-0.25, -0.2) is 4.79 Å². The zero-order valence-electron chi connectivity index (χ0n) is 19.2. The van der Waals surface area contributed by atoms with Gasteiger partial charge in [0.2, 0.25) is 0 Å². The van der Waals surface area contributed by atoms with Crippen LogP contribution >= 0.6 is 0 Å². The van der Waals surface area contributed by atoms with Crippen LogP contribution in [-0.4, -0.2) is 60.2 Å². The highest BCUT2D eigenvalue weighted by molar-refractivity contribution is 6.10. The first-order valence-corrected chi connectivity index (χ1v) is 11.4. The average Bonchev–Trinajstić information content (AvgIpc) is 3.37. The number of aromatic carboxylic acids is 1. The second-order valence-electron chi connectivity index (χ2n) is 8.56. The quantitative estimate of drug-likeness (QED) is 0.458. The van der Waals surface area contributed by atoms with Gasteiger partial charge in [-0.2, -0.15) is 0 Å². The van der Waals surface area contributed by atoms with Crippen molar-refractivity contribution in [1.82, 2.24) is 4.90 Å². The molecule has 1 amide bonds. The first-order valence-electron chi connectivity index (χ1n) is 11.4. The smallest absolute Gasteiger partial charge is 0.337 e. The molecule has 1 saturated heterocycles. The van der Waals surface area contributed by atoms with E-state index in [9.17, 15) is 19.8 Å². The fourth-order valence-corrected chi connectivity index (χ4v) is 4.20. The van der Waals surface area contributed by atoms with Crippen LogP contribution in [0.3, 0.4) is 0 Å². The Morgan fingerprint density at radius 3 is 2.38 bits per heavy atom. The summed E-state index contributed by atoms with van der Waals surface area (Å²) in [5.41, 5.74) is 2.72. The number of anilines is 2. The monoisotopic (exact) mass is 459 g/mol. The summed E-state index contributed by atoms with van der Waals surface area (Å²) >= 11 is 0. The highest BCUT2D eigenvalue weighted by atomic mass is 16.4. The maximum atomic E-state index is 13.1. The van der Waals surface area contributed by atoms with Crippen molar-refractivity contribution < 1.29 is 19.8 Å². The molecule has 0 saturated carbocycles. The number of phenols is 1. The van der Waals surface area contributed by atoms with E-state index < -0.39 is 11.9 Å². The van der Waals surface area contributed by atoms with Gasteiger partial charge in [-0.3, -0.25) is 4.79 Å². The van der Waals surface area contributed by atoms with E-state index in [0.29, 0.717) is 0 Å². The number of benzene rings is 3. The fraction of sp³-hybridized carbons (Fsp3) is 0.259. The maximum Gasteiger partial charge on any atom is 0.337 e. The molecule has 1 heterocycles. The number of aromatic hydroxyl groups is 1. The van der Waals surface area contributed by atoms with Crippen molar-refractivity contribution in [3.05, 3.63) is 77.9 Å². The molecule has 3 N–H and O–H groups in total. The van der Waals surface area contributed by atoms with Crippen molar-refractivity contribution in [2.75, 3.05) is 43.4 Å². The van der Waals surface area contributed by atoms with Crippen LogP contribution in [0.15, 0.2) is 66.7 Å². The Labute approximate surface area is 199 Å². The van der Waals surface area contributed by atoms with Gasteiger partial charge in [0, 0.05) is 25.8 Å². The summed E-state index contributed by atoms with van der Waals surface area (Å²) in [6.45, 7) is 3.97. The Hall–Kier alpha value is -3.84. The second kappa shape index (κ2) is 10.4. The second-order valence-corrected chi connectivity index (χ2v) is 8.56. The molecule has 7 heteroatoms. The largest absolute Gasteiger partial charge is 0.507 e. The molecule has 1 aliphatic rings. The van der Waals surface area contributed by atoms with Crippen molar-refractivity contribution in [1.29, 1.82) is 0 Å². The predicted octanol–water partition coefficient (Wildman–Crippen LogP) is 4.54. The van der Waals surface area contributed by atoms with E-state index >= 15 is 0 Å². The van der Waals surface area contributed by atoms with Crippen molar-refractivity contribution in [2.45, 2.75) is 12.8 Å². The van der Waals surface area contributed by atoms with Crippen LogP contribution in [0.4, 0.5) is 11.4 Å². The van der Waals surface area contributed by atoms with Crippen LogP contribution in [0.1, 0.15) is 33.6 Å². The number of nitrogens with one attached hydrogen (secondary N) is 1. The van der Waals surface area contributed by atoms with E-state index in [4.69, 9.17) is 0 Å². The summed E-state index contributed by atoms with van der Waals surface area (Å²) in [4.78, 5) is 29.3. The molecule has 34 heavy (non-hydrogen) atoms. The Kier molecular flexibility index (Phi) is 7.13. The number of carboxylic acid groups (broad SMARTS) is 1. The van der Waals surface area contributed by atoms with Crippen LogP contribution in [-0.2, 0) is 0 Å². The summed E-state index contributed by atoms with van der Waals surface area (Å²) < 4.78 is 0. The van der Waals surface area contributed by atoms with Crippen molar-refractivity contribution in [3.8, 4) is 16.9 Å². The molecular weight excluding hydrogens is 430 g/mol. The summed E-state index contributed by atoms with van der Waals surface area (Å²) in [5.74, 6) is -1.88. The third-order valence-corrected chi connectivity index (χ3v) is 6.22. The van der Waals surface area contributed by atoms with Gasteiger partial charge < -0.3 is 25.3 Å².